The number of benzene rings is 1. The molecule has 1 amide bonds. The molecule has 3 heteroatoms. The highest BCUT2D eigenvalue weighted by atomic mass is 35.5. The van der Waals surface area contributed by atoms with Gasteiger partial charge in [-0.05, 0) is 18.6 Å². The molecule has 2 nitrogen and oxygen atoms in total. The van der Waals surface area contributed by atoms with Crippen LogP contribution in [0.2, 0.25) is 0 Å². The van der Waals surface area contributed by atoms with Gasteiger partial charge in [0.25, 0.3) is 0 Å². The van der Waals surface area contributed by atoms with Crippen molar-refractivity contribution >= 4 is 17.5 Å². The summed E-state index contributed by atoms with van der Waals surface area (Å²) >= 11 is 4.64. The Hall–Kier alpha value is -1.02. The third kappa shape index (κ3) is 2.93. The van der Waals surface area contributed by atoms with E-state index in [1.807, 2.05) is 19.1 Å². The van der Waals surface area contributed by atoms with Gasteiger partial charge in [0.2, 0.25) is 5.91 Å². The quantitative estimate of drug-likeness (QED) is 0.668. The van der Waals surface area contributed by atoms with Crippen LogP contribution in [0, 0.1) is 6.92 Å². The number of primary amides is 1. The van der Waals surface area contributed by atoms with E-state index >= 15 is 0 Å². The van der Waals surface area contributed by atoms with Gasteiger partial charge >= 0.3 is 0 Å². The van der Waals surface area contributed by atoms with Crippen LogP contribution in [-0.4, -0.2) is 12.3 Å². The maximum absolute atomic E-state index is 10.6. The Balaban J connectivity index is 0.000000561. The van der Waals surface area contributed by atoms with E-state index < -0.39 is 0 Å². The summed E-state index contributed by atoms with van der Waals surface area (Å²) in [6.07, 6.45) is 1.47. The Morgan fingerprint density at radius 3 is 2.17 bits per heavy atom. The molecule has 2 N–H and O–H groups in total. The van der Waals surface area contributed by atoms with Crippen LogP contribution >= 0.6 is 11.6 Å². The SMILES string of the molecule is CCl.Cc1ccccc1C(N)=O. The van der Waals surface area contributed by atoms with Crippen molar-refractivity contribution in [1.29, 1.82) is 0 Å². The van der Waals surface area contributed by atoms with Gasteiger partial charge in [0.05, 0.1) is 0 Å². The first-order chi connectivity index (χ1) is 5.72. The van der Waals surface area contributed by atoms with Crippen LogP contribution in [0.4, 0.5) is 0 Å². The molecule has 1 aromatic rings. The lowest BCUT2D eigenvalue weighted by Crippen LogP contribution is -2.12. The van der Waals surface area contributed by atoms with E-state index in [2.05, 4.69) is 11.6 Å². The van der Waals surface area contributed by atoms with E-state index in [4.69, 9.17) is 5.73 Å². The highest BCUT2D eigenvalue weighted by Crippen LogP contribution is 2.04. The summed E-state index contributed by atoms with van der Waals surface area (Å²) < 4.78 is 0. The first-order valence-corrected chi connectivity index (χ1v) is 4.20. The molecule has 1 rings (SSSR count). The van der Waals surface area contributed by atoms with E-state index in [9.17, 15) is 4.79 Å². The fraction of sp³-hybridized carbons (Fsp3) is 0.222. The van der Waals surface area contributed by atoms with Crippen molar-refractivity contribution in [1.82, 2.24) is 0 Å². The van der Waals surface area contributed by atoms with Gasteiger partial charge in [-0.3, -0.25) is 4.79 Å². The van der Waals surface area contributed by atoms with E-state index in [1.165, 1.54) is 6.38 Å². The summed E-state index contributed by atoms with van der Waals surface area (Å²) in [5, 5.41) is 0. The summed E-state index contributed by atoms with van der Waals surface area (Å²) in [7, 11) is 0. The van der Waals surface area contributed by atoms with Crippen molar-refractivity contribution in [3.05, 3.63) is 35.4 Å². The molecule has 0 radical (unpaired) electrons. The number of alkyl halides is 1. The monoisotopic (exact) mass is 185 g/mol. The molecular formula is C9H12ClNO. The van der Waals surface area contributed by atoms with Crippen LogP contribution in [-0.2, 0) is 0 Å². The molecule has 0 aromatic heterocycles. The first-order valence-electron chi connectivity index (χ1n) is 3.45. The average molecular weight is 186 g/mol. The minimum Gasteiger partial charge on any atom is -0.366 e. The summed E-state index contributed by atoms with van der Waals surface area (Å²) in [6.45, 7) is 1.86. The predicted octanol–water partition coefficient (Wildman–Crippen LogP) is 1.95. The second kappa shape index (κ2) is 5.61. The van der Waals surface area contributed by atoms with Crippen molar-refractivity contribution in [2.75, 3.05) is 6.38 Å². The van der Waals surface area contributed by atoms with E-state index in [0.717, 1.165) is 5.56 Å². The second-order valence-electron chi connectivity index (χ2n) is 2.18. The molecule has 66 valence electrons. The number of aryl methyl sites for hydroxylation is 1. The molecule has 0 bridgehead atoms. The molecular weight excluding hydrogens is 174 g/mol. The fourth-order valence-corrected chi connectivity index (χ4v) is 0.849. The Labute approximate surface area is 77.3 Å². The van der Waals surface area contributed by atoms with Crippen molar-refractivity contribution in [3.8, 4) is 0 Å². The van der Waals surface area contributed by atoms with Crippen LogP contribution in [0.25, 0.3) is 0 Å². The number of hydrogen-bond acceptors (Lipinski definition) is 1. The largest absolute Gasteiger partial charge is 0.366 e. The Morgan fingerprint density at radius 1 is 1.33 bits per heavy atom. The number of rotatable bonds is 1. The first kappa shape index (κ1) is 11.0. The van der Waals surface area contributed by atoms with Gasteiger partial charge in [0.1, 0.15) is 0 Å². The average Bonchev–Trinajstić information content (AvgIpc) is 2.08. The lowest BCUT2D eigenvalue weighted by Gasteiger charge is -1.97. The van der Waals surface area contributed by atoms with Crippen LogP contribution < -0.4 is 5.73 Å². The minimum atomic E-state index is -0.363. The molecule has 0 aliphatic rings. The standard InChI is InChI=1S/C8H9NO.CH3Cl/c1-6-4-2-3-5-7(6)8(9)10;1-2/h2-5H,1H3,(H2,9,10);1H3. The van der Waals surface area contributed by atoms with Crippen molar-refractivity contribution in [2.24, 2.45) is 5.73 Å². The zero-order chi connectivity index (χ0) is 9.56. The second-order valence-corrected chi connectivity index (χ2v) is 2.18. The van der Waals surface area contributed by atoms with Crippen molar-refractivity contribution in [2.45, 2.75) is 6.92 Å². The molecule has 0 saturated heterocycles. The molecule has 0 fully saturated rings. The maximum atomic E-state index is 10.6. The highest BCUT2D eigenvalue weighted by molar-refractivity contribution is 6.15. The number of amides is 1. The van der Waals surface area contributed by atoms with Crippen LogP contribution in [0.5, 0.6) is 0 Å². The number of carbonyl (C=O) groups excluding carboxylic acids is 1. The lowest BCUT2D eigenvalue weighted by molar-refractivity contribution is 0.0999. The predicted molar refractivity (Wildman–Crippen MR) is 51.5 cm³/mol. The van der Waals surface area contributed by atoms with Gasteiger partial charge in [0, 0.05) is 11.9 Å². The molecule has 1 aromatic carbocycles. The van der Waals surface area contributed by atoms with Gasteiger partial charge < -0.3 is 5.73 Å². The molecule has 0 saturated carbocycles. The van der Waals surface area contributed by atoms with E-state index in [-0.39, 0.29) is 5.91 Å². The zero-order valence-corrected chi connectivity index (χ0v) is 7.93. The van der Waals surface area contributed by atoms with E-state index in [1.54, 1.807) is 12.1 Å². The number of nitrogens with two attached hydrogens (primary N) is 1. The number of halogens is 1. The van der Waals surface area contributed by atoms with Gasteiger partial charge in [-0.1, -0.05) is 18.2 Å². The van der Waals surface area contributed by atoms with Crippen molar-refractivity contribution in [3.63, 3.8) is 0 Å². The Kier molecular flexibility index (Phi) is 5.13. The lowest BCUT2D eigenvalue weighted by atomic mass is 10.1. The van der Waals surface area contributed by atoms with Gasteiger partial charge in [-0.25, -0.2) is 0 Å². The normalized spacial score (nSPS) is 8.25. The molecule has 0 unspecified atom stereocenters. The highest BCUT2D eigenvalue weighted by Gasteiger charge is 2.00. The molecule has 0 aliphatic carbocycles. The smallest absolute Gasteiger partial charge is 0.248 e. The van der Waals surface area contributed by atoms with E-state index in [0.29, 0.717) is 5.56 Å². The fourth-order valence-electron chi connectivity index (χ4n) is 0.849. The zero-order valence-electron chi connectivity index (χ0n) is 7.17. The molecule has 0 aliphatic heterocycles. The third-order valence-corrected chi connectivity index (χ3v) is 1.41. The van der Waals surface area contributed by atoms with Crippen LogP contribution in [0.1, 0.15) is 15.9 Å². The molecule has 0 heterocycles. The molecule has 12 heavy (non-hydrogen) atoms. The van der Waals surface area contributed by atoms with Gasteiger partial charge in [-0.15, -0.1) is 11.6 Å². The van der Waals surface area contributed by atoms with Crippen LogP contribution in [0.3, 0.4) is 0 Å². The summed E-state index contributed by atoms with van der Waals surface area (Å²) in [5.41, 5.74) is 6.60. The number of hydrogen-bond donors (Lipinski definition) is 1. The van der Waals surface area contributed by atoms with Crippen LogP contribution in [0.15, 0.2) is 24.3 Å². The Morgan fingerprint density at radius 2 is 1.83 bits per heavy atom. The third-order valence-electron chi connectivity index (χ3n) is 1.41. The van der Waals surface area contributed by atoms with Gasteiger partial charge in [0.15, 0.2) is 0 Å². The Bertz CT molecular complexity index is 260. The van der Waals surface area contributed by atoms with Crippen molar-refractivity contribution < 1.29 is 4.79 Å². The van der Waals surface area contributed by atoms with Gasteiger partial charge in [-0.2, -0.15) is 0 Å². The summed E-state index contributed by atoms with van der Waals surface area (Å²) in [4.78, 5) is 10.6. The minimum absolute atomic E-state index is 0.363. The maximum Gasteiger partial charge on any atom is 0.248 e. The topological polar surface area (TPSA) is 43.1 Å². The number of carbonyl (C=O) groups is 1. The summed E-state index contributed by atoms with van der Waals surface area (Å²) in [6, 6.07) is 7.26. The summed E-state index contributed by atoms with van der Waals surface area (Å²) in [5.74, 6) is -0.363. The molecule has 0 spiro atoms. The molecule has 0 atom stereocenters.